The van der Waals surface area contributed by atoms with E-state index >= 15 is 0 Å². The highest BCUT2D eigenvalue weighted by Gasteiger charge is 2.11. The predicted octanol–water partition coefficient (Wildman–Crippen LogP) is 0.285. The van der Waals surface area contributed by atoms with Crippen molar-refractivity contribution < 1.29 is 19.2 Å². The molecule has 9 heteroatoms. The number of hydrogen-bond acceptors (Lipinski definition) is 6. The van der Waals surface area contributed by atoms with Gasteiger partial charge in [-0.25, -0.2) is 9.80 Å². The molecule has 18 heavy (non-hydrogen) atoms. The van der Waals surface area contributed by atoms with E-state index in [0.29, 0.717) is 6.42 Å². The van der Waals surface area contributed by atoms with E-state index in [1.165, 1.54) is 12.1 Å². The summed E-state index contributed by atoms with van der Waals surface area (Å²) in [5.41, 5.74) is 5.05. The van der Waals surface area contributed by atoms with Crippen molar-refractivity contribution in [1.29, 1.82) is 0 Å². The molecule has 0 radical (unpaired) electrons. The number of urea groups is 1. The number of rotatable bonds is 6. The Bertz CT molecular complexity index is 456. The normalized spacial score (nSPS) is 10.7. The fraction of sp³-hybridized carbons (Fsp3) is 0.333. The molecule has 0 aliphatic heterocycles. The average molecular weight is 256 g/mol. The summed E-state index contributed by atoms with van der Waals surface area (Å²) < 4.78 is 4.80. The van der Waals surface area contributed by atoms with Crippen molar-refractivity contribution in [2.24, 2.45) is 10.8 Å². The van der Waals surface area contributed by atoms with Crippen molar-refractivity contribution in [3.8, 4) is 0 Å². The van der Waals surface area contributed by atoms with Gasteiger partial charge >= 0.3 is 11.9 Å². The van der Waals surface area contributed by atoms with Gasteiger partial charge in [-0.05, 0) is 12.5 Å². The molecule has 1 aromatic rings. The second kappa shape index (κ2) is 6.35. The van der Waals surface area contributed by atoms with Crippen LogP contribution in [0.2, 0.25) is 0 Å². The van der Waals surface area contributed by atoms with Gasteiger partial charge < -0.3 is 15.3 Å². The number of aliphatic hydroxyl groups excluding tert-OH is 1. The van der Waals surface area contributed by atoms with E-state index < -0.39 is 16.8 Å². The summed E-state index contributed by atoms with van der Waals surface area (Å²) in [7, 11) is 0. The number of primary amides is 1. The van der Waals surface area contributed by atoms with Gasteiger partial charge in [0.2, 0.25) is 0 Å². The molecule has 0 aliphatic carbocycles. The van der Waals surface area contributed by atoms with Gasteiger partial charge in [0.25, 0.3) is 0 Å². The lowest BCUT2D eigenvalue weighted by molar-refractivity contribution is -0.402. The van der Waals surface area contributed by atoms with Crippen LogP contribution in [0, 0.1) is 10.1 Å². The number of nitro groups is 1. The zero-order chi connectivity index (χ0) is 13.5. The van der Waals surface area contributed by atoms with E-state index in [0.717, 1.165) is 11.2 Å². The monoisotopic (exact) mass is 256 g/mol. The van der Waals surface area contributed by atoms with E-state index in [4.69, 9.17) is 15.3 Å². The van der Waals surface area contributed by atoms with Crippen LogP contribution in [0.15, 0.2) is 21.7 Å². The van der Waals surface area contributed by atoms with Gasteiger partial charge in [-0.15, -0.1) is 0 Å². The predicted molar refractivity (Wildman–Crippen MR) is 60.9 cm³/mol. The van der Waals surface area contributed by atoms with Crippen molar-refractivity contribution in [2.75, 3.05) is 13.2 Å². The van der Waals surface area contributed by atoms with Crippen molar-refractivity contribution in [2.45, 2.75) is 6.42 Å². The van der Waals surface area contributed by atoms with Crippen molar-refractivity contribution in [3.05, 3.63) is 28.0 Å². The molecule has 0 bridgehead atoms. The van der Waals surface area contributed by atoms with Gasteiger partial charge in [-0.1, -0.05) is 0 Å². The van der Waals surface area contributed by atoms with E-state index in [2.05, 4.69) is 5.10 Å². The van der Waals surface area contributed by atoms with E-state index in [9.17, 15) is 14.9 Å². The minimum Gasteiger partial charge on any atom is -0.400 e. The first-order chi connectivity index (χ1) is 8.54. The number of nitrogens with two attached hydrogens (primary N) is 1. The van der Waals surface area contributed by atoms with Gasteiger partial charge in [-0.3, -0.25) is 10.1 Å². The highest BCUT2D eigenvalue weighted by atomic mass is 16.6. The molecule has 0 unspecified atom stereocenters. The van der Waals surface area contributed by atoms with Crippen LogP contribution in [0.1, 0.15) is 12.2 Å². The lowest BCUT2D eigenvalue weighted by Crippen LogP contribution is -2.32. The number of nitrogens with zero attached hydrogens (tertiary/aromatic N) is 3. The summed E-state index contributed by atoms with van der Waals surface area (Å²) in [5.74, 6) is -0.297. The molecule has 0 fully saturated rings. The summed E-state index contributed by atoms with van der Waals surface area (Å²) in [6, 6.07) is 1.72. The standard InChI is InChI=1S/C9H12N4O5/c10-9(15)12(4-1-5-14)11-6-7-2-3-8(18-7)13(16)17/h2-3,6,14H,1,4-5H2,(H2,10,15). The molecule has 3 N–H and O–H groups in total. The largest absolute Gasteiger partial charge is 0.433 e. The van der Waals surface area contributed by atoms with Crippen LogP contribution < -0.4 is 5.73 Å². The summed E-state index contributed by atoms with van der Waals surface area (Å²) in [6.07, 6.45) is 1.45. The molecule has 98 valence electrons. The van der Waals surface area contributed by atoms with Crippen molar-refractivity contribution in [1.82, 2.24) is 5.01 Å². The zero-order valence-electron chi connectivity index (χ0n) is 9.35. The Morgan fingerprint density at radius 3 is 2.89 bits per heavy atom. The topological polar surface area (TPSA) is 135 Å². The van der Waals surface area contributed by atoms with Gasteiger partial charge in [0.15, 0.2) is 5.76 Å². The Morgan fingerprint density at radius 2 is 2.39 bits per heavy atom. The van der Waals surface area contributed by atoms with Crippen LogP contribution in [0.5, 0.6) is 0 Å². The molecule has 1 rings (SSSR count). The van der Waals surface area contributed by atoms with E-state index in [1.54, 1.807) is 0 Å². The van der Waals surface area contributed by atoms with Crippen molar-refractivity contribution >= 4 is 18.1 Å². The summed E-state index contributed by atoms with van der Waals surface area (Å²) >= 11 is 0. The third-order valence-corrected chi connectivity index (χ3v) is 1.90. The first-order valence-corrected chi connectivity index (χ1v) is 5.00. The molecule has 0 aromatic carbocycles. The maximum absolute atomic E-state index is 11.0. The molecule has 1 aromatic heterocycles. The number of aliphatic hydroxyl groups is 1. The van der Waals surface area contributed by atoms with Gasteiger partial charge in [-0.2, -0.15) is 5.10 Å². The molecule has 0 spiro atoms. The molecular formula is C9H12N4O5. The Labute approximate surface area is 102 Å². The zero-order valence-corrected chi connectivity index (χ0v) is 9.35. The number of furan rings is 1. The van der Waals surface area contributed by atoms with Crippen LogP contribution in [0.4, 0.5) is 10.7 Å². The first kappa shape index (κ1) is 13.6. The number of carbonyl (C=O) groups excluding carboxylic acids is 1. The second-order valence-electron chi connectivity index (χ2n) is 3.22. The minimum atomic E-state index is -0.791. The Hall–Kier alpha value is -2.42. The fourth-order valence-electron chi connectivity index (χ4n) is 1.08. The minimum absolute atomic E-state index is 0.106. The number of carbonyl (C=O) groups is 1. The molecule has 0 atom stereocenters. The van der Waals surface area contributed by atoms with E-state index in [1.807, 2.05) is 0 Å². The second-order valence-corrected chi connectivity index (χ2v) is 3.22. The van der Waals surface area contributed by atoms with Gasteiger partial charge in [0, 0.05) is 13.2 Å². The highest BCUT2D eigenvalue weighted by molar-refractivity contribution is 5.79. The average Bonchev–Trinajstić information content (AvgIpc) is 2.77. The Balaban J connectivity index is 2.69. The lowest BCUT2D eigenvalue weighted by atomic mass is 10.4. The Kier molecular flexibility index (Phi) is 4.81. The maximum Gasteiger partial charge on any atom is 0.433 e. The number of hydrazone groups is 1. The fourth-order valence-corrected chi connectivity index (χ4v) is 1.08. The molecule has 9 nitrogen and oxygen atoms in total. The van der Waals surface area contributed by atoms with Crippen LogP contribution >= 0.6 is 0 Å². The smallest absolute Gasteiger partial charge is 0.400 e. The number of amides is 2. The molecule has 1 heterocycles. The summed E-state index contributed by atoms with van der Waals surface area (Å²) in [5, 5.41) is 23.6. The van der Waals surface area contributed by atoms with Crippen LogP contribution in [0.3, 0.4) is 0 Å². The maximum atomic E-state index is 11.0. The SMILES string of the molecule is NC(=O)N(CCCO)N=Cc1ccc([N+](=O)[O-])o1. The molecular weight excluding hydrogens is 244 g/mol. The van der Waals surface area contributed by atoms with Gasteiger partial charge in [0.05, 0.1) is 12.3 Å². The third-order valence-electron chi connectivity index (χ3n) is 1.90. The first-order valence-electron chi connectivity index (χ1n) is 5.00. The quantitative estimate of drug-likeness (QED) is 0.428. The molecule has 2 amide bonds. The van der Waals surface area contributed by atoms with Crippen LogP contribution in [-0.2, 0) is 0 Å². The van der Waals surface area contributed by atoms with Gasteiger partial charge in [0.1, 0.15) is 4.92 Å². The highest BCUT2D eigenvalue weighted by Crippen LogP contribution is 2.13. The summed E-state index contributed by atoms with van der Waals surface area (Å²) in [6.45, 7) is 0.0384. The van der Waals surface area contributed by atoms with Crippen LogP contribution in [0.25, 0.3) is 0 Å². The van der Waals surface area contributed by atoms with E-state index in [-0.39, 0.29) is 18.9 Å². The summed E-state index contributed by atoms with van der Waals surface area (Å²) in [4.78, 5) is 20.6. The van der Waals surface area contributed by atoms with Crippen LogP contribution in [-0.4, -0.2) is 40.4 Å². The molecule has 0 saturated heterocycles. The Morgan fingerprint density at radius 1 is 1.67 bits per heavy atom. The molecule has 0 aliphatic rings. The lowest BCUT2D eigenvalue weighted by Gasteiger charge is -2.12. The number of hydrogen-bond donors (Lipinski definition) is 2. The van der Waals surface area contributed by atoms with Crippen molar-refractivity contribution in [3.63, 3.8) is 0 Å². The molecule has 0 saturated carbocycles. The third kappa shape index (κ3) is 3.87.